The monoisotopic (exact) mass is 362 g/mol. The maximum Gasteiger partial charge on any atom is 0.316 e. The zero-order chi connectivity index (χ0) is 18.6. The van der Waals surface area contributed by atoms with Crippen molar-refractivity contribution >= 4 is 16.8 Å². The number of aliphatic hydroxyl groups excluding tert-OH is 1. The highest BCUT2D eigenvalue weighted by molar-refractivity contribution is 5.94. The van der Waals surface area contributed by atoms with Crippen molar-refractivity contribution in [1.29, 1.82) is 0 Å². The molecular weight excluding hydrogens is 344 g/mol. The molecular formula is C20H18N4O3. The highest BCUT2D eigenvalue weighted by Crippen LogP contribution is 2.25. The average molecular weight is 362 g/mol. The molecule has 2 heterocycles. The van der Waals surface area contributed by atoms with Crippen LogP contribution in [-0.4, -0.2) is 38.8 Å². The number of H-pyrrole nitrogens is 1. The second-order valence-electron chi connectivity index (χ2n) is 6.21. The smallest absolute Gasteiger partial charge is 0.316 e. The number of aromatic nitrogens is 3. The molecule has 0 spiro atoms. The number of amides is 1. The van der Waals surface area contributed by atoms with E-state index in [1.165, 1.54) is 0 Å². The zero-order valence-electron chi connectivity index (χ0n) is 14.4. The van der Waals surface area contributed by atoms with Crippen LogP contribution in [0.1, 0.15) is 16.2 Å². The third-order valence-electron chi connectivity index (χ3n) is 4.34. The quantitative estimate of drug-likeness (QED) is 0.489. The molecule has 0 saturated carbocycles. The minimum absolute atomic E-state index is 0.135. The Balaban J connectivity index is 1.51. The van der Waals surface area contributed by atoms with Gasteiger partial charge in [0, 0.05) is 22.7 Å². The van der Waals surface area contributed by atoms with Gasteiger partial charge in [-0.15, -0.1) is 0 Å². The van der Waals surface area contributed by atoms with Crippen molar-refractivity contribution < 1.29 is 14.4 Å². The highest BCUT2D eigenvalue weighted by Gasteiger charge is 2.20. The van der Waals surface area contributed by atoms with Crippen LogP contribution in [0.5, 0.6) is 0 Å². The Kier molecular flexibility index (Phi) is 4.67. The Morgan fingerprint density at radius 2 is 2.00 bits per heavy atom. The van der Waals surface area contributed by atoms with Crippen molar-refractivity contribution in [2.24, 2.45) is 0 Å². The fraction of sp³-hybridized carbons (Fsp3) is 0.150. The number of aromatic amines is 1. The number of aliphatic hydroxyl groups is 1. The first-order valence-corrected chi connectivity index (χ1v) is 8.60. The first kappa shape index (κ1) is 17.0. The van der Waals surface area contributed by atoms with Gasteiger partial charge in [0.1, 0.15) is 0 Å². The molecule has 1 atom stereocenters. The van der Waals surface area contributed by atoms with Crippen LogP contribution in [0.3, 0.4) is 0 Å². The van der Waals surface area contributed by atoms with Crippen LogP contribution in [0.15, 0.2) is 65.3 Å². The Morgan fingerprint density at radius 1 is 1.15 bits per heavy atom. The summed E-state index contributed by atoms with van der Waals surface area (Å²) in [5.74, 6) is -0.303. The summed E-state index contributed by atoms with van der Waals surface area (Å²) >= 11 is 0. The fourth-order valence-corrected chi connectivity index (χ4v) is 3.01. The van der Waals surface area contributed by atoms with E-state index in [0.717, 1.165) is 22.0 Å². The lowest BCUT2D eigenvalue weighted by atomic mass is 10.1. The Hall–Kier alpha value is -3.45. The number of benzene rings is 2. The normalized spacial score (nSPS) is 12.2. The van der Waals surface area contributed by atoms with Crippen molar-refractivity contribution in [1.82, 2.24) is 20.4 Å². The third kappa shape index (κ3) is 3.58. The standard InChI is InChI=1S/C20H18N4O3/c25-12-14(11-13-5-2-1-3-6-13)22-19(26)20-23-18(24-27-20)16-7-4-8-17-15(16)9-10-21-17/h1-10,14,21,25H,11-12H2,(H,22,26)/t14-/m1/s1. The summed E-state index contributed by atoms with van der Waals surface area (Å²) in [5, 5.41) is 17.2. The van der Waals surface area contributed by atoms with Crippen LogP contribution in [0, 0.1) is 0 Å². The fourth-order valence-electron chi connectivity index (χ4n) is 3.01. The molecule has 2 aromatic heterocycles. The van der Waals surface area contributed by atoms with E-state index in [4.69, 9.17) is 4.52 Å². The topological polar surface area (TPSA) is 104 Å². The third-order valence-corrected chi connectivity index (χ3v) is 4.34. The van der Waals surface area contributed by atoms with Crippen molar-refractivity contribution in [3.63, 3.8) is 0 Å². The summed E-state index contributed by atoms with van der Waals surface area (Å²) in [4.78, 5) is 19.8. The molecule has 4 aromatic rings. The van der Waals surface area contributed by atoms with Crippen LogP contribution in [0.4, 0.5) is 0 Å². The molecule has 7 heteroatoms. The Bertz CT molecular complexity index is 1060. The van der Waals surface area contributed by atoms with E-state index in [-0.39, 0.29) is 12.5 Å². The second-order valence-corrected chi connectivity index (χ2v) is 6.21. The molecule has 4 rings (SSSR count). The summed E-state index contributed by atoms with van der Waals surface area (Å²) in [5.41, 5.74) is 2.74. The van der Waals surface area contributed by atoms with Crippen molar-refractivity contribution in [3.8, 4) is 11.4 Å². The van der Waals surface area contributed by atoms with Gasteiger partial charge < -0.3 is 19.9 Å². The summed E-state index contributed by atoms with van der Waals surface area (Å²) < 4.78 is 5.14. The molecule has 0 aliphatic heterocycles. The molecule has 1 amide bonds. The molecule has 7 nitrogen and oxygen atoms in total. The second kappa shape index (κ2) is 7.43. The Morgan fingerprint density at radius 3 is 2.81 bits per heavy atom. The number of nitrogens with one attached hydrogen (secondary N) is 2. The van der Waals surface area contributed by atoms with Crippen molar-refractivity contribution in [3.05, 3.63) is 72.2 Å². The maximum absolute atomic E-state index is 12.4. The first-order chi connectivity index (χ1) is 13.2. The number of hydrogen-bond donors (Lipinski definition) is 3. The molecule has 0 fully saturated rings. The van der Waals surface area contributed by atoms with Gasteiger partial charge in [0.2, 0.25) is 5.82 Å². The molecule has 0 saturated heterocycles. The van der Waals surface area contributed by atoms with Gasteiger partial charge in [0.15, 0.2) is 0 Å². The van der Waals surface area contributed by atoms with E-state index in [9.17, 15) is 9.90 Å². The van der Waals surface area contributed by atoms with E-state index in [2.05, 4.69) is 20.4 Å². The van der Waals surface area contributed by atoms with Gasteiger partial charge in [-0.25, -0.2) is 0 Å². The van der Waals surface area contributed by atoms with Gasteiger partial charge in [-0.1, -0.05) is 47.6 Å². The van der Waals surface area contributed by atoms with Crippen LogP contribution in [0.2, 0.25) is 0 Å². The van der Waals surface area contributed by atoms with E-state index < -0.39 is 11.9 Å². The number of fused-ring (bicyclic) bond motifs is 1. The molecule has 0 aliphatic rings. The molecule has 3 N–H and O–H groups in total. The Labute approximate surface area is 155 Å². The largest absolute Gasteiger partial charge is 0.394 e. The van der Waals surface area contributed by atoms with Gasteiger partial charge >= 0.3 is 11.8 Å². The number of rotatable bonds is 6. The minimum atomic E-state index is -0.509. The lowest BCUT2D eigenvalue weighted by Crippen LogP contribution is -2.39. The van der Waals surface area contributed by atoms with Crippen LogP contribution < -0.4 is 5.32 Å². The van der Waals surface area contributed by atoms with Crippen LogP contribution in [-0.2, 0) is 6.42 Å². The molecule has 0 unspecified atom stereocenters. The molecule has 0 aliphatic carbocycles. The summed E-state index contributed by atoms with van der Waals surface area (Å²) in [6, 6.07) is 16.8. The number of hydrogen-bond acceptors (Lipinski definition) is 5. The van der Waals surface area contributed by atoms with Crippen LogP contribution in [0.25, 0.3) is 22.3 Å². The predicted molar refractivity (Wildman–Crippen MR) is 100 cm³/mol. The van der Waals surface area contributed by atoms with Crippen molar-refractivity contribution in [2.75, 3.05) is 6.61 Å². The highest BCUT2D eigenvalue weighted by atomic mass is 16.5. The van der Waals surface area contributed by atoms with Gasteiger partial charge in [0.05, 0.1) is 12.6 Å². The molecule has 0 bridgehead atoms. The maximum atomic E-state index is 12.4. The van der Waals surface area contributed by atoms with E-state index >= 15 is 0 Å². The summed E-state index contributed by atoms with van der Waals surface area (Å²) in [6.45, 7) is -0.190. The molecule has 0 radical (unpaired) electrons. The molecule has 136 valence electrons. The number of carbonyl (C=O) groups excluding carboxylic acids is 1. The van der Waals surface area contributed by atoms with Crippen molar-refractivity contribution in [2.45, 2.75) is 12.5 Å². The number of nitrogens with zero attached hydrogens (tertiary/aromatic N) is 2. The van der Waals surface area contributed by atoms with E-state index in [1.807, 2.05) is 60.8 Å². The molecule has 2 aromatic carbocycles. The van der Waals surface area contributed by atoms with Crippen LogP contribution >= 0.6 is 0 Å². The summed E-state index contributed by atoms with van der Waals surface area (Å²) in [6.07, 6.45) is 2.34. The van der Waals surface area contributed by atoms with E-state index in [0.29, 0.717) is 12.2 Å². The van der Waals surface area contributed by atoms with E-state index in [1.54, 1.807) is 0 Å². The van der Waals surface area contributed by atoms with Gasteiger partial charge in [-0.3, -0.25) is 4.79 Å². The van der Waals surface area contributed by atoms with Gasteiger partial charge in [-0.2, -0.15) is 4.98 Å². The lowest BCUT2D eigenvalue weighted by Gasteiger charge is -2.14. The predicted octanol–water partition coefficient (Wildman–Crippen LogP) is 2.55. The average Bonchev–Trinajstić information content (AvgIpc) is 3.37. The summed E-state index contributed by atoms with van der Waals surface area (Å²) in [7, 11) is 0. The number of carbonyl (C=O) groups is 1. The first-order valence-electron chi connectivity index (χ1n) is 8.60. The van der Waals surface area contributed by atoms with Gasteiger partial charge in [-0.05, 0) is 24.1 Å². The minimum Gasteiger partial charge on any atom is -0.394 e. The molecule has 27 heavy (non-hydrogen) atoms. The SMILES string of the molecule is O=C(N[C@@H](CO)Cc1ccccc1)c1nc(-c2cccc3[nH]ccc23)no1. The van der Waals surface area contributed by atoms with Gasteiger partial charge in [0.25, 0.3) is 0 Å². The lowest BCUT2D eigenvalue weighted by molar-refractivity contribution is 0.0872. The zero-order valence-corrected chi connectivity index (χ0v) is 14.4.